The van der Waals surface area contributed by atoms with Gasteiger partial charge in [-0.2, -0.15) is 4.31 Å². The Morgan fingerprint density at radius 3 is 2.50 bits per heavy atom. The zero-order valence-electron chi connectivity index (χ0n) is 15.8. The molecule has 0 atom stereocenters. The molecule has 0 unspecified atom stereocenters. The predicted molar refractivity (Wildman–Crippen MR) is 110 cm³/mol. The average Bonchev–Trinajstić information content (AvgIpc) is 3.13. The second-order valence-electron chi connectivity index (χ2n) is 6.95. The van der Waals surface area contributed by atoms with Gasteiger partial charge in [-0.1, -0.05) is 12.1 Å². The molecule has 0 spiro atoms. The summed E-state index contributed by atoms with van der Waals surface area (Å²) in [7, 11) is -3.68. The Morgan fingerprint density at radius 2 is 1.82 bits per heavy atom. The Labute approximate surface area is 168 Å². The number of benzene rings is 1. The van der Waals surface area contributed by atoms with Crippen molar-refractivity contribution in [2.24, 2.45) is 0 Å². The van der Waals surface area contributed by atoms with Crippen LogP contribution in [0.4, 0.5) is 0 Å². The molecule has 0 bridgehead atoms. The number of hydrogen-bond acceptors (Lipinski definition) is 5. The van der Waals surface area contributed by atoms with Crippen LogP contribution in [0.2, 0.25) is 0 Å². The number of aryl methyl sites for hydroxylation is 2. The smallest absolute Gasteiger partial charge is 0.264 e. The fourth-order valence-electron chi connectivity index (χ4n) is 3.43. The molecule has 0 N–H and O–H groups in total. The Bertz CT molecular complexity index is 1150. The Kier molecular flexibility index (Phi) is 4.95. The third-order valence-corrected chi connectivity index (χ3v) is 7.82. The van der Waals surface area contributed by atoms with E-state index in [1.54, 1.807) is 23.2 Å². The highest BCUT2D eigenvalue weighted by atomic mass is 32.2. The van der Waals surface area contributed by atoms with Crippen LogP contribution in [0.3, 0.4) is 0 Å². The molecule has 0 saturated carbocycles. The Morgan fingerprint density at radius 1 is 1.07 bits per heavy atom. The molecule has 8 heteroatoms. The number of sulfonamides is 1. The first-order valence-corrected chi connectivity index (χ1v) is 11.3. The summed E-state index contributed by atoms with van der Waals surface area (Å²) in [6, 6.07) is 10.9. The minimum absolute atomic E-state index is 0.0301. The molecule has 6 nitrogen and oxygen atoms in total. The van der Waals surface area contributed by atoms with E-state index < -0.39 is 10.0 Å². The van der Waals surface area contributed by atoms with Gasteiger partial charge in [-0.25, -0.2) is 8.42 Å². The highest BCUT2D eigenvalue weighted by Crippen LogP contribution is 2.26. The number of carbonyl (C=O) groups excluding carboxylic acids is 1. The number of fused-ring (bicyclic) bond motifs is 1. The summed E-state index contributed by atoms with van der Waals surface area (Å²) < 4.78 is 27.9. The highest BCUT2D eigenvalue weighted by Gasteiger charge is 2.32. The van der Waals surface area contributed by atoms with Crippen molar-refractivity contribution < 1.29 is 13.2 Å². The zero-order chi connectivity index (χ0) is 19.9. The van der Waals surface area contributed by atoms with E-state index in [4.69, 9.17) is 0 Å². The van der Waals surface area contributed by atoms with Crippen molar-refractivity contribution in [1.29, 1.82) is 0 Å². The summed E-state index contributed by atoms with van der Waals surface area (Å²) in [5.41, 5.74) is 1.47. The van der Waals surface area contributed by atoms with Gasteiger partial charge in [0.1, 0.15) is 4.90 Å². The van der Waals surface area contributed by atoms with E-state index in [1.165, 1.54) is 15.6 Å². The van der Waals surface area contributed by atoms with Crippen LogP contribution in [0, 0.1) is 13.8 Å². The molecule has 0 aliphatic carbocycles. The molecule has 28 heavy (non-hydrogen) atoms. The number of amides is 1. The largest absolute Gasteiger partial charge is 0.335 e. The van der Waals surface area contributed by atoms with Crippen LogP contribution >= 0.6 is 11.3 Å². The first-order chi connectivity index (χ1) is 13.4. The van der Waals surface area contributed by atoms with Gasteiger partial charge in [-0.05, 0) is 43.7 Å². The average molecular weight is 416 g/mol. The van der Waals surface area contributed by atoms with Crippen molar-refractivity contribution in [1.82, 2.24) is 14.2 Å². The number of para-hydroxylation sites is 1. The second-order valence-corrected chi connectivity index (χ2v) is 10.1. The minimum atomic E-state index is -3.68. The predicted octanol–water partition coefficient (Wildman–Crippen LogP) is 3.06. The maximum absolute atomic E-state index is 13.2. The van der Waals surface area contributed by atoms with Gasteiger partial charge >= 0.3 is 0 Å². The standard InChI is InChI=1S/C20H21N3O3S2/c1-14-12-16-4-3-5-18(19(16)21-13-14)28(25,26)23-10-8-22(9-11-23)20(24)17-7-6-15(2)27-17/h3-7,12-13H,8-11H2,1-2H3. The molecular formula is C20H21N3O3S2. The lowest BCUT2D eigenvalue weighted by Gasteiger charge is -2.33. The van der Waals surface area contributed by atoms with Gasteiger partial charge in [0.2, 0.25) is 10.0 Å². The Hall–Kier alpha value is -2.29. The van der Waals surface area contributed by atoms with Gasteiger partial charge in [0.05, 0.1) is 10.4 Å². The van der Waals surface area contributed by atoms with Gasteiger partial charge < -0.3 is 4.90 Å². The van der Waals surface area contributed by atoms with Crippen molar-refractivity contribution in [3.05, 3.63) is 57.9 Å². The summed E-state index contributed by atoms with van der Waals surface area (Å²) in [6.07, 6.45) is 1.68. The fourth-order valence-corrected chi connectivity index (χ4v) is 5.85. The zero-order valence-corrected chi connectivity index (χ0v) is 17.4. The first kappa shape index (κ1) is 19.0. The maximum Gasteiger partial charge on any atom is 0.264 e. The molecule has 1 amide bonds. The molecule has 3 aromatic rings. The molecule has 1 aromatic carbocycles. The third kappa shape index (κ3) is 3.43. The molecule has 0 radical (unpaired) electrons. The van der Waals surface area contributed by atoms with Crippen LogP contribution < -0.4 is 0 Å². The molecule has 3 heterocycles. The van der Waals surface area contributed by atoms with Gasteiger partial charge in [0.25, 0.3) is 5.91 Å². The van der Waals surface area contributed by atoms with Crippen LogP contribution in [-0.4, -0.2) is 54.7 Å². The number of thiophene rings is 1. The van der Waals surface area contributed by atoms with Gasteiger partial charge in [-0.3, -0.25) is 9.78 Å². The number of aromatic nitrogens is 1. The van der Waals surface area contributed by atoms with E-state index >= 15 is 0 Å². The summed E-state index contributed by atoms with van der Waals surface area (Å²) in [5, 5.41) is 0.808. The summed E-state index contributed by atoms with van der Waals surface area (Å²) >= 11 is 1.46. The van der Waals surface area contributed by atoms with Crippen molar-refractivity contribution in [2.75, 3.05) is 26.2 Å². The lowest BCUT2D eigenvalue weighted by molar-refractivity contribution is 0.0703. The van der Waals surface area contributed by atoms with E-state index in [0.29, 0.717) is 23.5 Å². The number of nitrogens with zero attached hydrogens (tertiary/aromatic N) is 3. The molecule has 1 aliphatic rings. The van der Waals surface area contributed by atoms with Gasteiger partial charge in [0.15, 0.2) is 0 Å². The monoisotopic (exact) mass is 415 g/mol. The van der Waals surface area contributed by atoms with Gasteiger partial charge in [-0.15, -0.1) is 11.3 Å². The summed E-state index contributed by atoms with van der Waals surface area (Å²) in [6.45, 7) is 5.21. The highest BCUT2D eigenvalue weighted by molar-refractivity contribution is 7.89. The molecular weight excluding hydrogens is 394 g/mol. The number of hydrogen-bond donors (Lipinski definition) is 0. The summed E-state index contributed by atoms with van der Waals surface area (Å²) in [4.78, 5) is 20.7. The quantitative estimate of drug-likeness (QED) is 0.659. The van der Waals surface area contributed by atoms with E-state index in [0.717, 1.165) is 15.8 Å². The van der Waals surface area contributed by atoms with Crippen LogP contribution in [-0.2, 0) is 10.0 Å². The number of pyridine rings is 1. The van der Waals surface area contributed by atoms with E-state index in [1.807, 2.05) is 38.1 Å². The van der Waals surface area contributed by atoms with Crippen LogP contribution in [0.1, 0.15) is 20.1 Å². The number of piperazine rings is 1. The molecule has 4 rings (SSSR count). The summed E-state index contributed by atoms with van der Waals surface area (Å²) in [5.74, 6) is -0.0301. The second kappa shape index (κ2) is 7.27. The minimum Gasteiger partial charge on any atom is -0.335 e. The van der Waals surface area contributed by atoms with Crippen molar-refractivity contribution in [3.8, 4) is 0 Å². The third-order valence-electron chi connectivity index (χ3n) is 4.91. The van der Waals surface area contributed by atoms with E-state index in [9.17, 15) is 13.2 Å². The molecule has 1 fully saturated rings. The van der Waals surface area contributed by atoms with Crippen LogP contribution in [0.15, 0.2) is 47.5 Å². The van der Waals surface area contributed by atoms with E-state index in [2.05, 4.69) is 4.98 Å². The normalized spacial score (nSPS) is 15.9. The van der Waals surface area contributed by atoms with Crippen molar-refractivity contribution >= 4 is 38.2 Å². The SMILES string of the molecule is Cc1cnc2c(S(=O)(=O)N3CCN(C(=O)c4ccc(C)s4)CC3)cccc2c1. The molecule has 2 aromatic heterocycles. The topological polar surface area (TPSA) is 70.6 Å². The Balaban J connectivity index is 1.55. The maximum atomic E-state index is 13.2. The van der Waals surface area contributed by atoms with Crippen LogP contribution in [0.25, 0.3) is 10.9 Å². The fraction of sp³-hybridized carbons (Fsp3) is 0.300. The lowest BCUT2D eigenvalue weighted by atomic mass is 10.2. The first-order valence-electron chi connectivity index (χ1n) is 9.07. The van der Waals surface area contributed by atoms with Crippen molar-refractivity contribution in [2.45, 2.75) is 18.7 Å². The molecule has 1 aliphatic heterocycles. The number of rotatable bonds is 3. The molecule has 146 valence electrons. The lowest BCUT2D eigenvalue weighted by Crippen LogP contribution is -2.50. The van der Waals surface area contributed by atoms with E-state index in [-0.39, 0.29) is 23.9 Å². The molecule has 1 saturated heterocycles. The van der Waals surface area contributed by atoms with Gasteiger partial charge in [0, 0.05) is 42.6 Å². The van der Waals surface area contributed by atoms with Crippen molar-refractivity contribution in [3.63, 3.8) is 0 Å². The van der Waals surface area contributed by atoms with Crippen LogP contribution in [0.5, 0.6) is 0 Å². The number of carbonyl (C=O) groups is 1.